The van der Waals surface area contributed by atoms with E-state index < -0.39 is 0 Å². The Morgan fingerprint density at radius 1 is 1.05 bits per heavy atom. The molecule has 0 atom stereocenters. The summed E-state index contributed by atoms with van der Waals surface area (Å²) < 4.78 is 5.02. The Labute approximate surface area is 133 Å². The molecule has 114 valence electrons. The van der Waals surface area contributed by atoms with E-state index in [4.69, 9.17) is 4.74 Å². The van der Waals surface area contributed by atoms with Crippen LogP contribution in [0.3, 0.4) is 0 Å². The number of methoxy groups -OCH3 is 1. The first kappa shape index (κ1) is 17.7. The van der Waals surface area contributed by atoms with Gasteiger partial charge in [-0.25, -0.2) is 0 Å². The molecule has 0 aliphatic heterocycles. The monoisotopic (exact) mass is 302 g/mol. The third-order valence-electron chi connectivity index (χ3n) is 3.42. The summed E-state index contributed by atoms with van der Waals surface area (Å²) in [6.07, 6.45) is 12.8. The van der Waals surface area contributed by atoms with Gasteiger partial charge in [0, 0.05) is 16.9 Å². The number of hydrogen-bond donors (Lipinski definition) is 0. The second kappa shape index (κ2) is 8.81. The van der Waals surface area contributed by atoms with Crippen LogP contribution in [0.1, 0.15) is 34.7 Å². The number of rotatable bonds is 6. The summed E-state index contributed by atoms with van der Waals surface area (Å²) in [7, 11) is 1.71. The van der Waals surface area contributed by atoms with E-state index in [0.29, 0.717) is 6.61 Å². The largest absolute Gasteiger partial charge is 0.381 e. The maximum atomic E-state index is 5.02. The maximum Gasteiger partial charge on any atom is 0.0649 e. The number of allylic oxidation sites excluding steroid dienone is 6. The first-order chi connectivity index (χ1) is 9.95. The Kier molecular flexibility index (Phi) is 7.41. The van der Waals surface area contributed by atoms with Gasteiger partial charge in [0.1, 0.15) is 0 Å². The zero-order valence-corrected chi connectivity index (χ0v) is 14.8. The molecule has 1 rings (SSSR count). The van der Waals surface area contributed by atoms with Crippen LogP contribution in [0.2, 0.25) is 0 Å². The lowest BCUT2D eigenvalue weighted by atomic mass is 10.1. The smallest absolute Gasteiger partial charge is 0.0649 e. The molecule has 0 N–H and O–H groups in total. The van der Waals surface area contributed by atoms with Crippen molar-refractivity contribution in [3.63, 3.8) is 0 Å². The maximum absolute atomic E-state index is 5.02. The van der Waals surface area contributed by atoms with Gasteiger partial charge < -0.3 is 4.74 Å². The minimum atomic E-state index is 0.662. The van der Waals surface area contributed by atoms with Crippen molar-refractivity contribution in [2.45, 2.75) is 34.6 Å². The van der Waals surface area contributed by atoms with Crippen LogP contribution in [-0.4, -0.2) is 13.7 Å². The van der Waals surface area contributed by atoms with Gasteiger partial charge in [-0.15, -0.1) is 11.3 Å². The summed E-state index contributed by atoms with van der Waals surface area (Å²) in [6, 6.07) is 0. The molecule has 0 aromatic carbocycles. The van der Waals surface area contributed by atoms with Crippen molar-refractivity contribution in [3.8, 4) is 0 Å². The third kappa shape index (κ3) is 5.86. The Morgan fingerprint density at radius 3 is 2.33 bits per heavy atom. The average Bonchev–Trinajstić information content (AvgIpc) is 2.68. The van der Waals surface area contributed by atoms with Gasteiger partial charge in [0.2, 0.25) is 0 Å². The summed E-state index contributed by atoms with van der Waals surface area (Å²) in [5.41, 5.74) is 5.22. The zero-order valence-electron chi connectivity index (χ0n) is 14.0. The van der Waals surface area contributed by atoms with Gasteiger partial charge in [-0.1, -0.05) is 47.6 Å². The van der Waals surface area contributed by atoms with E-state index in [1.807, 2.05) is 11.3 Å². The van der Waals surface area contributed by atoms with Crippen molar-refractivity contribution in [3.05, 3.63) is 62.4 Å². The van der Waals surface area contributed by atoms with Gasteiger partial charge in [0.05, 0.1) is 6.61 Å². The summed E-state index contributed by atoms with van der Waals surface area (Å²) in [6.45, 7) is 11.4. The van der Waals surface area contributed by atoms with Crippen molar-refractivity contribution in [2.24, 2.45) is 0 Å². The second-order valence-electron chi connectivity index (χ2n) is 5.26. The Bertz CT molecular complexity index is 583. The summed E-state index contributed by atoms with van der Waals surface area (Å²) in [5.74, 6) is 0. The number of thiophene rings is 1. The predicted molar refractivity (Wildman–Crippen MR) is 96.1 cm³/mol. The zero-order chi connectivity index (χ0) is 15.8. The molecule has 1 aromatic heterocycles. The van der Waals surface area contributed by atoms with E-state index in [9.17, 15) is 0 Å². The average molecular weight is 302 g/mol. The third-order valence-corrected chi connectivity index (χ3v) is 4.56. The van der Waals surface area contributed by atoms with Crippen LogP contribution in [0.4, 0.5) is 0 Å². The SMILES string of the molecule is COC/C=C(\C)C=CC=C(C)C=Cc1c(C)sc(C)c1C. The molecule has 1 aromatic rings. The van der Waals surface area contributed by atoms with E-state index in [1.165, 1.54) is 32.0 Å². The topological polar surface area (TPSA) is 9.23 Å². The lowest BCUT2D eigenvalue weighted by molar-refractivity contribution is 0.233. The van der Waals surface area contributed by atoms with Crippen molar-refractivity contribution in [1.29, 1.82) is 0 Å². The van der Waals surface area contributed by atoms with Crippen LogP contribution in [0, 0.1) is 20.8 Å². The van der Waals surface area contributed by atoms with Crippen molar-refractivity contribution in [1.82, 2.24) is 0 Å². The van der Waals surface area contributed by atoms with E-state index in [2.05, 4.69) is 71.1 Å². The van der Waals surface area contributed by atoms with Crippen LogP contribution in [0.5, 0.6) is 0 Å². The van der Waals surface area contributed by atoms with Gasteiger partial charge in [-0.3, -0.25) is 0 Å². The van der Waals surface area contributed by atoms with Crippen LogP contribution in [0.15, 0.2) is 41.5 Å². The molecule has 0 radical (unpaired) electrons. The minimum Gasteiger partial charge on any atom is -0.381 e. The highest BCUT2D eigenvalue weighted by atomic mass is 32.1. The Hall–Kier alpha value is -1.38. The molecule has 0 amide bonds. The van der Waals surface area contributed by atoms with Crippen LogP contribution >= 0.6 is 11.3 Å². The molecule has 0 bridgehead atoms. The van der Waals surface area contributed by atoms with Crippen LogP contribution < -0.4 is 0 Å². The lowest BCUT2D eigenvalue weighted by Crippen LogP contribution is -1.82. The normalized spacial score (nSPS) is 13.8. The minimum absolute atomic E-state index is 0.662. The van der Waals surface area contributed by atoms with Crippen LogP contribution in [0.25, 0.3) is 6.08 Å². The molecule has 1 heterocycles. The highest BCUT2D eigenvalue weighted by molar-refractivity contribution is 7.12. The number of ether oxygens (including phenoxy) is 1. The molecule has 0 unspecified atom stereocenters. The molecule has 0 aliphatic carbocycles. The first-order valence-electron chi connectivity index (χ1n) is 7.21. The summed E-state index contributed by atoms with van der Waals surface area (Å²) in [4.78, 5) is 2.80. The second-order valence-corrected chi connectivity index (χ2v) is 6.69. The predicted octanol–water partition coefficient (Wildman–Crippen LogP) is 5.78. The lowest BCUT2D eigenvalue weighted by Gasteiger charge is -1.96. The Morgan fingerprint density at radius 2 is 1.76 bits per heavy atom. The fourth-order valence-corrected chi connectivity index (χ4v) is 3.02. The first-order valence-corrected chi connectivity index (χ1v) is 8.02. The standard InChI is InChI=1S/C19H26OS/c1-14(8-7-9-15(2)12-13-20-6)10-11-19-16(3)17(4)21-18(19)5/h7-12H,13H2,1-6H3/b9-7?,11-10?,14-8?,15-12+. The van der Waals surface area contributed by atoms with E-state index >= 15 is 0 Å². The van der Waals surface area contributed by atoms with E-state index in [1.54, 1.807) is 7.11 Å². The molecule has 0 saturated heterocycles. The van der Waals surface area contributed by atoms with Gasteiger partial charge in [-0.2, -0.15) is 0 Å². The summed E-state index contributed by atoms with van der Waals surface area (Å²) >= 11 is 1.87. The number of aryl methyl sites for hydroxylation is 2. The van der Waals surface area contributed by atoms with Gasteiger partial charge in [-0.05, 0) is 45.7 Å². The molecule has 21 heavy (non-hydrogen) atoms. The quantitative estimate of drug-likeness (QED) is 0.605. The molecule has 0 spiro atoms. The van der Waals surface area contributed by atoms with Crippen molar-refractivity contribution in [2.75, 3.05) is 13.7 Å². The number of hydrogen-bond acceptors (Lipinski definition) is 2. The van der Waals surface area contributed by atoms with Gasteiger partial charge in [0.15, 0.2) is 0 Å². The van der Waals surface area contributed by atoms with Crippen molar-refractivity contribution >= 4 is 17.4 Å². The molecule has 2 heteroatoms. The molecular weight excluding hydrogens is 276 g/mol. The van der Waals surface area contributed by atoms with E-state index in [0.717, 1.165) is 0 Å². The van der Waals surface area contributed by atoms with Crippen molar-refractivity contribution < 1.29 is 4.74 Å². The van der Waals surface area contributed by atoms with E-state index in [-0.39, 0.29) is 0 Å². The molecular formula is C19H26OS. The highest BCUT2D eigenvalue weighted by Crippen LogP contribution is 2.27. The molecule has 0 saturated carbocycles. The molecule has 0 aliphatic rings. The molecule has 0 fully saturated rings. The fourth-order valence-electron chi connectivity index (χ4n) is 1.96. The summed E-state index contributed by atoms with van der Waals surface area (Å²) in [5, 5.41) is 0. The van der Waals surface area contributed by atoms with Gasteiger partial charge >= 0.3 is 0 Å². The van der Waals surface area contributed by atoms with Gasteiger partial charge in [0.25, 0.3) is 0 Å². The fraction of sp³-hybridized carbons (Fsp3) is 0.368. The highest BCUT2D eigenvalue weighted by Gasteiger charge is 2.05. The van der Waals surface area contributed by atoms with Crippen LogP contribution in [-0.2, 0) is 4.74 Å². The Balaban J connectivity index is 2.72. The molecule has 1 nitrogen and oxygen atoms in total.